The maximum atomic E-state index is 10.9. The third-order valence-electron chi connectivity index (χ3n) is 1.40. The minimum absolute atomic E-state index is 0.158. The van der Waals surface area contributed by atoms with E-state index < -0.39 is 0 Å². The van der Waals surface area contributed by atoms with E-state index in [1.807, 2.05) is 0 Å². The van der Waals surface area contributed by atoms with Crippen LogP contribution in [-0.2, 0) is 4.79 Å². The summed E-state index contributed by atoms with van der Waals surface area (Å²) < 4.78 is 0. The molecule has 0 rings (SSSR count). The molecule has 0 unspecified atom stereocenters. The number of hydrogen-bond acceptors (Lipinski definition) is 2. The van der Waals surface area contributed by atoms with Crippen LogP contribution in [-0.4, -0.2) is 25.2 Å². The Hall–Kier alpha value is -1.26. The van der Waals surface area contributed by atoms with Gasteiger partial charge in [-0.25, -0.2) is 4.79 Å². The van der Waals surface area contributed by atoms with Gasteiger partial charge in [-0.3, -0.25) is 4.79 Å². The van der Waals surface area contributed by atoms with Crippen LogP contribution in [0.1, 0.15) is 26.7 Å². The summed E-state index contributed by atoms with van der Waals surface area (Å²) in [5.41, 5.74) is 0. The van der Waals surface area contributed by atoms with E-state index in [0.29, 0.717) is 6.54 Å². The van der Waals surface area contributed by atoms with Crippen molar-refractivity contribution >= 4 is 11.9 Å². The first-order chi connectivity index (χ1) is 6.16. The quantitative estimate of drug-likeness (QED) is 0.424. The molecule has 0 aromatic carbocycles. The molecule has 0 aliphatic carbocycles. The molecule has 0 radical (unpaired) electrons. The highest BCUT2D eigenvalue weighted by Crippen LogP contribution is 1.81. The van der Waals surface area contributed by atoms with Crippen molar-refractivity contribution in [2.45, 2.75) is 26.7 Å². The van der Waals surface area contributed by atoms with Gasteiger partial charge in [-0.2, -0.15) is 0 Å². The summed E-state index contributed by atoms with van der Waals surface area (Å²) in [7, 11) is 0. The van der Waals surface area contributed by atoms with Gasteiger partial charge < -0.3 is 16.0 Å². The van der Waals surface area contributed by atoms with Crippen molar-refractivity contribution in [3.05, 3.63) is 0 Å². The van der Waals surface area contributed by atoms with Crippen molar-refractivity contribution < 1.29 is 9.59 Å². The number of rotatable bonds is 5. The Bertz CT molecular complexity index is 171. The van der Waals surface area contributed by atoms with Gasteiger partial charge in [0.15, 0.2) is 0 Å². The predicted molar refractivity (Wildman–Crippen MR) is 50.1 cm³/mol. The van der Waals surface area contributed by atoms with Gasteiger partial charge in [-0.1, -0.05) is 13.3 Å². The van der Waals surface area contributed by atoms with Crippen molar-refractivity contribution in [3.63, 3.8) is 0 Å². The second-order valence-electron chi connectivity index (χ2n) is 2.70. The second kappa shape index (κ2) is 7.39. The fourth-order valence-electron chi connectivity index (χ4n) is 0.690. The molecule has 0 aromatic heterocycles. The molecule has 0 bridgehead atoms. The number of amides is 3. The normalized spacial score (nSPS) is 9.08. The summed E-state index contributed by atoms with van der Waals surface area (Å²) in [6.45, 7) is 4.29. The van der Waals surface area contributed by atoms with E-state index in [1.165, 1.54) is 6.92 Å². The lowest BCUT2D eigenvalue weighted by atomic mass is 10.3. The molecule has 13 heavy (non-hydrogen) atoms. The van der Waals surface area contributed by atoms with Gasteiger partial charge >= 0.3 is 6.03 Å². The Morgan fingerprint density at radius 1 is 1.15 bits per heavy atom. The molecular weight excluding hydrogens is 170 g/mol. The Balaban J connectivity index is 3.25. The van der Waals surface area contributed by atoms with Gasteiger partial charge in [0, 0.05) is 13.5 Å². The molecule has 5 heteroatoms. The minimum Gasteiger partial charge on any atom is -0.339 e. The zero-order valence-corrected chi connectivity index (χ0v) is 8.14. The van der Waals surface area contributed by atoms with Crippen LogP contribution in [0.25, 0.3) is 0 Å². The molecular formula is C8H17N3O2. The number of hydrogen-bond donors (Lipinski definition) is 3. The summed E-state index contributed by atoms with van der Waals surface area (Å²) in [6.07, 6.45) is 2.01. The van der Waals surface area contributed by atoms with Gasteiger partial charge in [-0.05, 0) is 6.42 Å². The Kier molecular flexibility index (Phi) is 6.68. The van der Waals surface area contributed by atoms with Crippen molar-refractivity contribution in [3.8, 4) is 0 Å². The summed E-state index contributed by atoms with van der Waals surface area (Å²) in [6, 6.07) is -0.248. The van der Waals surface area contributed by atoms with E-state index >= 15 is 0 Å². The molecule has 3 N–H and O–H groups in total. The van der Waals surface area contributed by atoms with Crippen molar-refractivity contribution in [2.75, 3.05) is 13.2 Å². The smallest absolute Gasteiger partial charge is 0.316 e. The maximum Gasteiger partial charge on any atom is 0.316 e. The fourth-order valence-corrected chi connectivity index (χ4v) is 0.690. The molecule has 0 aliphatic rings. The van der Waals surface area contributed by atoms with E-state index in [4.69, 9.17) is 0 Å². The molecule has 0 heterocycles. The van der Waals surface area contributed by atoms with Gasteiger partial charge in [-0.15, -0.1) is 0 Å². The highest BCUT2D eigenvalue weighted by Gasteiger charge is 1.97. The first kappa shape index (κ1) is 11.7. The maximum absolute atomic E-state index is 10.9. The molecule has 0 fully saturated rings. The van der Waals surface area contributed by atoms with Crippen molar-refractivity contribution in [1.82, 2.24) is 16.0 Å². The van der Waals surface area contributed by atoms with Crippen LogP contribution in [0.15, 0.2) is 0 Å². The molecule has 0 saturated heterocycles. The molecule has 76 valence electrons. The second-order valence-corrected chi connectivity index (χ2v) is 2.70. The lowest BCUT2D eigenvalue weighted by molar-refractivity contribution is -0.118. The number of carbonyl (C=O) groups is 2. The third kappa shape index (κ3) is 8.65. The third-order valence-corrected chi connectivity index (χ3v) is 1.40. The molecule has 0 atom stereocenters. The van der Waals surface area contributed by atoms with E-state index in [9.17, 15) is 9.59 Å². The van der Waals surface area contributed by atoms with Gasteiger partial charge in [0.2, 0.25) is 5.91 Å². The predicted octanol–water partition coefficient (Wildman–Crippen LogP) is 0.179. The van der Waals surface area contributed by atoms with E-state index in [1.54, 1.807) is 0 Å². The van der Waals surface area contributed by atoms with Crippen molar-refractivity contribution in [1.29, 1.82) is 0 Å². The molecule has 3 amide bonds. The highest BCUT2D eigenvalue weighted by atomic mass is 16.2. The average molecular weight is 187 g/mol. The number of nitrogens with one attached hydrogen (secondary N) is 3. The monoisotopic (exact) mass is 187 g/mol. The number of carbonyl (C=O) groups excluding carboxylic acids is 2. The van der Waals surface area contributed by atoms with Crippen LogP contribution >= 0.6 is 0 Å². The summed E-state index contributed by atoms with van der Waals surface area (Å²) >= 11 is 0. The lowest BCUT2D eigenvalue weighted by Crippen LogP contribution is -2.42. The number of unbranched alkanes of at least 4 members (excludes halogenated alkanes) is 1. The highest BCUT2D eigenvalue weighted by molar-refractivity contribution is 5.76. The van der Waals surface area contributed by atoms with Crippen LogP contribution in [0.2, 0.25) is 0 Å². The molecule has 0 spiro atoms. The van der Waals surface area contributed by atoms with E-state index in [0.717, 1.165) is 12.8 Å². The van der Waals surface area contributed by atoms with Crippen LogP contribution in [0.4, 0.5) is 4.79 Å². The van der Waals surface area contributed by atoms with Gasteiger partial charge in [0.25, 0.3) is 0 Å². The van der Waals surface area contributed by atoms with Crippen LogP contribution in [0.3, 0.4) is 0 Å². The van der Waals surface area contributed by atoms with Crippen LogP contribution in [0, 0.1) is 0 Å². The van der Waals surface area contributed by atoms with Crippen molar-refractivity contribution in [2.24, 2.45) is 0 Å². The van der Waals surface area contributed by atoms with E-state index in [2.05, 4.69) is 22.9 Å². The SMILES string of the molecule is CCCCNC(=O)NCNC(C)=O. The minimum atomic E-state index is -0.248. The summed E-state index contributed by atoms with van der Waals surface area (Å²) in [4.78, 5) is 21.3. The van der Waals surface area contributed by atoms with Crippen LogP contribution in [0.5, 0.6) is 0 Å². The molecule has 0 aromatic rings. The lowest BCUT2D eigenvalue weighted by Gasteiger charge is -2.06. The largest absolute Gasteiger partial charge is 0.339 e. The summed E-state index contributed by atoms with van der Waals surface area (Å²) in [5.74, 6) is -0.158. The van der Waals surface area contributed by atoms with E-state index in [-0.39, 0.29) is 18.6 Å². The zero-order valence-electron chi connectivity index (χ0n) is 8.14. The molecule has 0 saturated carbocycles. The Morgan fingerprint density at radius 2 is 1.85 bits per heavy atom. The fraction of sp³-hybridized carbons (Fsp3) is 0.750. The molecule has 0 aliphatic heterocycles. The Labute approximate surface area is 78.3 Å². The first-order valence-corrected chi connectivity index (χ1v) is 4.43. The zero-order chi connectivity index (χ0) is 10.1. The topological polar surface area (TPSA) is 70.2 Å². The molecule has 5 nitrogen and oxygen atoms in total. The Morgan fingerprint density at radius 3 is 2.38 bits per heavy atom. The van der Waals surface area contributed by atoms with Gasteiger partial charge in [0.05, 0.1) is 6.67 Å². The standard InChI is InChI=1S/C8H17N3O2/c1-3-4-5-9-8(13)11-6-10-7(2)12/h3-6H2,1-2H3,(H,10,12)(H2,9,11,13). The number of urea groups is 1. The summed E-state index contributed by atoms with van der Waals surface area (Å²) in [5, 5.41) is 7.60. The average Bonchev–Trinajstić information content (AvgIpc) is 2.04. The van der Waals surface area contributed by atoms with Gasteiger partial charge in [0.1, 0.15) is 0 Å². The first-order valence-electron chi connectivity index (χ1n) is 4.43. The van der Waals surface area contributed by atoms with Crippen LogP contribution < -0.4 is 16.0 Å².